The van der Waals surface area contributed by atoms with Crippen LogP contribution >= 0.6 is 0 Å². The van der Waals surface area contributed by atoms with Crippen LogP contribution in [0.3, 0.4) is 0 Å². The van der Waals surface area contributed by atoms with E-state index in [-0.39, 0.29) is 17.9 Å². The van der Waals surface area contributed by atoms with Crippen LogP contribution in [-0.4, -0.2) is 156 Å². The Bertz CT molecular complexity index is 1840. The number of esters is 1. The summed E-state index contributed by atoms with van der Waals surface area (Å²) in [7, 11) is 3.75. The molecule has 15 nitrogen and oxygen atoms in total. The quantitative estimate of drug-likeness (QED) is 0.143. The Kier molecular flexibility index (Phi) is 17.2. The highest BCUT2D eigenvalue weighted by molar-refractivity contribution is 5.93. The van der Waals surface area contributed by atoms with Crippen molar-refractivity contribution < 1.29 is 48.6 Å². The smallest absolute Gasteiger partial charge is 0.309 e. The molecule has 340 valence electrons. The maximum Gasteiger partial charge on any atom is 0.309 e. The van der Waals surface area contributed by atoms with Gasteiger partial charge in [-0.2, -0.15) is 0 Å². The van der Waals surface area contributed by atoms with Crippen LogP contribution in [0.5, 0.6) is 0 Å². The topological polar surface area (TPSA) is 185 Å². The Morgan fingerprint density at radius 2 is 1.82 bits per heavy atom. The van der Waals surface area contributed by atoms with Crippen molar-refractivity contribution in [3.05, 3.63) is 65.7 Å². The summed E-state index contributed by atoms with van der Waals surface area (Å²) >= 11 is 0. The first-order valence-electron chi connectivity index (χ1n) is 21.9. The summed E-state index contributed by atoms with van der Waals surface area (Å²) in [5, 5.41) is 54.3. The highest BCUT2D eigenvalue weighted by atomic mass is 19.1. The number of alkyl halides is 1. The summed E-state index contributed by atoms with van der Waals surface area (Å²) in [5.41, 5.74) is 1.47. The molecule has 0 radical (unpaired) electrons. The van der Waals surface area contributed by atoms with Gasteiger partial charge in [0.1, 0.15) is 30.6 Å². The normalized spacial score (nSPS) is 31.9. The number of halogens is 1. The monoisotopic (exact) mass is 857 g/mol. The number of cyclic esters (lactones) is 1. The number of nitrogens with zero attached hydrogens (tertiary/aromatic N) is 6. The second kappa shape index (κ2) is 21.7. The van der Waals surface area contributed by atoms with Gasteiger partial charge in [-0.25, -0.2) is 9.07 Å². The maximum atomic E-state index is 14.4. The number of rotatable bonds is 13. The van der Waals surface area contributed by atoms with Crippen molar-refractivity contribution in [1.29, 1.82) is 0 Å². The fourth-order valence-electron chi connectivity index (χ4n) is 8.49. The van der Waals surface area contributed by atoms with Crippen molar-refractivity contribution in [3.8, 4) is 5.69 Å². The Morgan fingerprint density at radius 1 is 1.10 bits per heavy atom. The van der Waals surface area contributed by atoms with Gasteiger partial charge in [0.15, 0.2) is 12.1 Å². The molecular weight excluding hydrogens is 788 g/mol. The molecule has 1 unspecified atom stereocenters. The van der Waals surface area contributed by atoms with Gasteiger partial charge in [0.05, 0.1) is 36.0 Å². The molecule has 5 rings (SSSR count). The molecule has 3 aromatic rings. The highest BCUT2D eigenvalue weighted by Crippen LogP contribution is 2.31. The van der Waals surface area contributed by atoms with Crippen LogP contribution in [0.15, 0.2) is 48.9 Å². The number of Topliss-reactive ketones (excluding diaryl/α,β-unsaturated/α-hetero) is 1. The zero-order valence-electron chi connectivity index (χ0n) is 37.1. The first-order valence-corrected chi connectivity index (χ1v) is 21.9. The van der Waals surface area contributed by atoms with Crippen molar-refractivity contribution >= 4 is 11.8 Å². The van der Waals surface area contributed by atoms with Crippen LogP contribution in [0, 0.1) is 5.92 Å². The lowest BCUT2D eigenvalue weighted by Gasteiger charge is -2.43. The van der Waals surface area contributed by atoms with E-state index in [0.29, 0.717) is 75.7 Å². The number of ether oxygens (including phenoxy) is 3. The van der Waals surface area contributed by atoms with Gasteiger partial charge in [0, 0.05) is 54.9 Å². The molecule has 0 saturated carbocycles. The zero-order valence-corrected chi connectivity index (χ0v) is 37.1. The second-order valence-electron chi connectivity index (χ2n) is 17.7. The standard InChI is InChI=1S/C45H69FN6O9/c1-9-40-45(6,58)42(56)30(4)49(7)20-10-11-38(54)39(17-12-28(2)43(57)61-40)60-44-41(55)37(23-29(3)59-44)50(8)21-19-34-27-52(48-47-34)36(25-46)24-32-13-15-35(16-14-32)51-22-18-33(26-51)31(5)53/h13-16,18,22,26-30,36-42,44,54-56,58H,9-12,17,19-21,23-25H2,1-8H3/t28-,29?,30-,36+,37+,38-,39+,40+,41+,42-,44+,45-/m1/s1. The summed E-state index contributed by atoms with van der Waals surface area (Å²) in [6, 6.07) is 8.17. The lowest BCUT2D eigenvalue weighted by Crippen LogP contribution is -2.58. The van der Waals surface area contributed by atoms with E-state index in [2.05, 4.69) is 10.3 Å². The van der Waals surface area contributed by atoms with Crippen molar-refractivity contribution in [2.24, 2.45) is 5.92 Å². The molecule has 0 bridgehead atoms. The van der Waals surface area contributed by atoms with E-state index in [0.717, 1.165) is 11.3 Å². The number of hydrogen-bond donors (Lipinski definition) is 4. The predicted molar refractivity (Wildman–Crippen MR) is 227 cm³/mol. The van der Waals surface area contributed by atoms with Crippen LogP contribution in [-0.2, 0) is 31.8 Å². The van der Waals surface area contributed by atoms with Crippen molar-refractivity contribution in [1.82, 2.24) is 29.4 Å². The largest absolute Gasteiger partial charge is 0.459 e. The fraction of sp³-hybridized carbons (Fsp3) is 0.689. The van der Waals surface area contributed by atoms with Crippen LogP contribution in [0.1, 0.15) is 108 Å². The van der Waals surface area contributed by atoms with Gasteiger partial charge in [-0.1, -0.05) is 31.2 Å². The molecule has 2 aliphatic rings. The molecule has 1 aromatic carbocycles. The number of hydrogen-bond acceptors (Lipinski definition) is 13. The van der Waals surface area contributed by atoms with E-state index in [4.69, 9.17) is 14.2 Å². The van der Waals surface area contributed by atoms with E-state index in [1.807, 2.05) is 65.8 Å². The number of aliphatic hydroxyl groups is 4. The van der Waals surface area contributed by atoms with Gasteiger partial charge in [-0.3, -0.25) is 9.59 Å². The Hall–Kier alpha value is -3.61. The van der Waals surface area contributed by atoms with Crippen LogP contribution < -0.4 is 0 Å². The molecule has 16 heteroatoms. The van der Waals surface area contributed by atoms with Gasteiger partial charge in [-0.15, -0.1) is 5.10 Å². The minimum Gasteiger partial charge on any atom is -0.459 e. The van der Waals surface area contributed by atoms with Gasteiger partial charge in [0.25, 0.3) is 0 Å². The average Bonchev–Trinajstić information content (AvgIpc) is 3.93. The molecule has 2 aromatic heterocycles. The maximum absolute atomic E-state index is 14.4. The number of ketones is 1. The molecule has 4 heterocycles. The molecule has 2 fully saturated rings. The number of aliphatic hydroxyl groups excluding tert-OH is 3. The third kappa shape index (κ3) is 12.3. The predicted octanol–water partition coefficient (Wildman–Crippen LogP) is 4.07. The molecule has 2 saturated heterocycles. The van der Waals surface area contributed by atoms with Gasteiger partial charge in [-0.05, 0) is 117 Å². The van der Waals surface area contributed by atoms with Gasteiger partial charge < -0.3 is 49.0 Å². The number of likely N-dealkylation sites (N-methyl/N-ethyl adjacent to an activating group) is 2. The number of benzene rings is 1. The fourth-order valence-corrected chi connectivity index (χ4v) is 8.49. The molecule has 0 spiro atoms. The van der Waals surface area contributed by atoms with E-state index < -0.39 is 73.1 Å². The van der Waals surface area contributed by atoms with Crippen LogP contribution in [0.25, 0.3) is 5.69 Å². The molecule has 12 atom stereocenters. The highest BCUT2D eigenvalue weighted by Gasteiger charge is 2.45. The van der Waals surface area contributed by atoms with Crippen molar-refractivity contribution in [3.63, 3.8) is 0 Å². The summed E-state index contributed by atoms with van der Waals surface area (Å²) in [5.74, 6) is -1.11. The first kappa shape index (κ1) is 48.4. The molecule has 0 aliphatic carbocycles. The third-order valence-corrected chi connectivity index (χ3v) is 12.9. The molecule has 61 heavy (non-hydrogen) atoms. The molecule has 2 aliphatic heterocycles. The summed E-state index contributed by atoms with van der Waals surface area (Å²) in [6.45, 7) is 10.7. The second-order valence-corrected chi connectivity index (χ2v) is 17.7. The third-order valence-electron chi connectivity index (χ3n) is 12.9. The van der Waals surface area contributed by atoms with Crippen molar-refractivity contribution in [2.75, 3.05) is 33.9 Å². The SMILES string of the molecule is CC[C@@H]1OC(=O)[C@H](C)CC[C@H](O[C@@H]2OC(C)C[C@H](N(C)CCc3cn([C@H](CF)Cc4ccc(-n5ccc(C(C)=O)c5)cc4)nn3)[C@@H]2O)[C@H](O)CCCN(C)[C@H](C)[C@@H](O)[C@]1(C)O. The molecule has 4 N–H and O–H groups in total. The number of aromatic nitrogens is 4. The van der Waals surface area contributed by atoms with Gasteiger partial charge >= 0.3 is 5.97 Å². The minimum atomic E-state index is -1.68. The zero-order chi connectivity index (χ0) is 44.6. The lowest BCUT2D eigenvalue weighted by molar-refractivity contribution is -0.279. The number of carbonyl (C=O) groups is 2. The van der Waals surface area contributed by atoms with E-state index >= 15 is 0 Å². The molecular formula is C45H69FN6O9. The Balaban J connectivity index is 1.19. The Morgan fingerprint density at radius 3 is 2.48 bits per heavy atom. The van der Waals surface area contributed by atoms with Crippen molar-refractivity contribution in [2.45, 2.75) is 160 Å². The van der Waals surface area contributed by atoms with Crippen LogP contribution in [0.4, 0.5) is 4.39 Å². The summed E-state index contributed by atoms with van der Waals surface area (Å²) in [4.78, 5) is 28.9. The van der Waals surface area contributed by atoms with Crippen LogP contribution in [0.2, 0.25) is 0 Å². The minimum absolute atomic E-state index is 0.00178. The van der Waals surface area contributed by atoms with E-state index in [9.17, 15) is 34.4 Å². The summed E-state index contributed by atoms with van der Waals surface area (Å²) in [6.07, 6.45) is 2.51. The lowest BCUT2D eigenvalue weighted by atomic mass is 9.86. The average molecular weight is 857 g/mol. The van der Waals surface area contributed by atoms with E-state index in [1.54, 1.807) is 43.9 Å². The number of carbonyl (C=O) groups excluding carboxylic acids is 2. The first-order chi connectivity index (χ1) is 28.9. The summed E-state index contributed by atoms with van der Waals surface area (Å²) < 4.78 is 36.2. The molecule has 0 amide bonds. The Labute approximate surface area is 359 Å². The van der Waals surface area contributed by atoms with Gasteiger partial charge in [0.2, 0.25) is 0 Å². The van der Waals surface area contributed by atoms with E-state index in [1.165, 1.54) is 13.8 Å².